The zero-order valence-electron chi connectivity index (χ0n) is 14.5. The number of aldehydes is 1. The van der Waals surface area contributed by atoms with Crippen molar-refractivity contribution in [2.24, 2.45) is 0 Å². The zero-order valence-corrected chi connectivity index (χ0v) is 15.3. The average molecular weight is 384 g/mol. The van der Waals surface area contributed by atoms with Crippen molar-refractivity contribution in [2.75, 3.05) is 16.0 Å². The Labute approximate surface area is 161 Å². The van der Waals surface area contributed by atoms with E-state index in [4.69, 9.17) is 11.6 Å². The molecule has 1 heterocycles. The van der Waals surface area contributed by atoms with Crippen molar-refractivity contribution in [2.45, 2.75) is 13.5 Å². The molecule has 0 saturated heterocycles. The van der Waals surface area contributed by atoms with Crippen molar-refractivity contribution < 1.29 is 9.59 Å². The smallest absolute Gasteiger partial charge is 0.323 e. The molecule has 0 unspecified atom stereocenters. The molecule has 27 heavy (non-hydrogen) atoms. The first-order valence-electron chi connectivity index (χ1n) is 8.20. The fourth-order valence-corrected chi connectivity index (χ4v) is 2.67. The lowest BCUT2D eigenvalue weighted by Gasteiger charge is -2.11. The summed E-state index contributed by atoms with van der Waals surface area (Å²) in [7, 11) is 0. The van der Waals surface area contributed by atoms with Gasteiger partial charge in [-0.2, -0.15) is 5.10 Å². The van der Waals surface area contributed by atoms with Crippen LogP contribution in [0.4, 0.5) is 21.9 Å². The van der Waals surface area contributed by atoms with E-state index in [0.29, 0.717) is 40.6 Å². The van der Waals surface area contributed by atoms with Crippen LogP contribution in [0.3, 0.4) is 0 Å². The fraction of sp³-hybridized carbons (Fsp3) is 0.105. The summed E-state index contributed by atoms with van der Waals surface area (Å²) in [4.78, 5) is 23.1. The maximum atomic E-state index is 12.2. The summed E-state index contributed by atoms with van der Waals surface area (Å²) >= 11 is 6.10. The highest BCUT2D eigenvalue weighted by Gasteiger charge is 2.07. The number of aromatic amines is 1. The standard InChI is InChI=1S/C19H18ClN5O2/c1-12-5-6-15(20)16(7-12)24-19(27)23-14-4-2-3-13(8-14)9-21-17-10-22-25-18(17)11-26/h2-8,10-11,21H,9H2,1H3,(H,22,25)(H2,23,24,27). The van der Waals surface area contributed by atoms with Crippen molar-refractivity contribution in [3.05, 3.63) is 70.5 Å². The van der Waals surface area contributed by atoms with Gasteiger partial charge in [0, 0.05) is 12.2 Å². The Hall–Kier alpha value is -3.32. The average Bonchev–Trinajstić information content (AvgIpc) is 3.11. The fourth-order valence-electron chi connectivity index (χ4n) is 2.50. The van der Waals surface area contributed by atoms with Crippen molar-refractivity contribution in [1.29, 1.82) is 0 Å². The summed E-state index contributed by atoms with van der Waals surface area (Å²) in [5.41, 5.74) is 4.12. The van der Waals surface area contributed by atoms with Crippen LogP contribution in [-0.4, -0.2) is 22.5 Å². The number of aryl methyl sites for hydroxylation is 1. The highest BCUT2D eigenvalue weighted by atomic mass is 35.5. The second-order valence-corrected chi connectivity index (χ2v) is 6.34. The minimum absolute atomic E-state index is 0.384. The summed E-state index contributed by atoms with van der Waals surface area (Å²) in [5.74, 6) is 0. The molecule has 3 aromatic rings. The number of urea groups is 1. The van der Waals surface area contributed by atoms with Crippen molar-refractivity contribution in [3.8, 4) is 0 Å². The Morgan fingerprint density at radius 2 is 2.04 bits per heavy atom. The van der Waals surface area contributed by atoms with Crippen LogP contribution in [0.5, 0.6) is 0 Å². The number of amides is 2. The molecule has 2 amide bonds. The maximum Gasteiger partial charge on any atom is 0.323 e. The number of anilines is 3. The van der Waals surface area contributed by atoms with Gasteiger partial charge in [0.25, 0.3) is 0 Å². The second-order valence-electron chi connectivity index (χ2n) is 5.93. The number of carbonyl (C=O) groups is 2. The third-order valence-corrected chi connectivity index (χ3v) is 4.15. The molecule has 4 N–H and O–H groups in total. The van der Waals surface area contributed by atoms with Crippen LogP contribution in [0, 0.1) is 6.92 Å². The summed E-state index contributed by atoms with van der Waals surface area (Å²) in [6, 6.07) is 12.4. The summed E-state index contributed by atoms with van der Waals surface area (Å²) in [6.07, 6.45) is 2.25. The lowest BCUT2D eigenvalue weighted by atomic mass is 10.2. The number of nitrogens with one attached hydrogen (secondary N) is 4. The third kappa shape index (κ3) is 4.86. The number of hydrogen-bond donors (Lipinski definition) is 4. The highest BCUT2D eigenvalue weighted by molar-refractivity contribution is 6.33. The monoisotopic (exact) mass is 383 g/mol. The first kappa shape index (κ1) is 18.5. The number of benzene rings is 2. The van der Waals surface area contributed by atoms with E-state index in [2.05, 4.69) is 26.1 Å². The molecule has 0 fully saturated rings. The van der Waals surface area contributed by atoms with E-state index in [9.17, 15) is 9.59 Å². The van der Waals surface area contributed by atoms with Gasteiger partial charge in [-0.3, -0.25) is 9.89 Å². The number of halogens is 1. The molecule has 0 aliphatic rings. The summed E-state index contributed by atoms with van der Waals surface area (Å²) in [6.45, 7) is 2.40. The van der Waals surface area contributed by atoms with E-state index in [-0.39, 0.29) is 6.03 Å². The quantitative estimate of drug-likeness (QED) is 0.473. The first-order valence-corrected chi connectivity index (χ1v) is 8.58. The molecule has 1 aromatic heterocycles. The number of rotatable bonds is 6. The van der Waals surface area contributed by atoms with E-state index < -0.39 is 0 Å². The predicted molar refractivity (Wildman–Crippen MR) is 107 cm³/mol. The molecule has 0 aliphatic heterocycles. The Morgan fingerprint density at radius 1 is 1.19 bits per heavy atom. The Morgan fingerprint density at radius 3 is 2.85 bits per heavy atom. The maximum absolute atomic E-state index is 12.2. The first-order chi connectivity index (χ1) is 13.0. The number of hydrogen-bond acceptors (Lipinski definition) is 4. The molecule has 8 heteroatoms. The Kier molecular flexibility index (Phi) is 5.73. The van der Waals surface area contributed by atoms with Gasteiger partial charge in [0.2, 0.25) is 0 Å². The topological polar surface area (TPSA) is 98.9 Å². The van der Waals surface area contributed by atoms with Gasteiger partial charge in [-0.25, -0.2) is 4.79 Å². The second kappa shape index (κ2) is 8.37. The van der Waals surface area contributed by atoms with Crippen molar-refractivity contribution >= 4 is 41.0 Å². The minimum atomic E-state index is -0.384. The molecule has 0 bridgehead atoms. The van der Waals surface area contributed by atoms with E-state index in [0.717, 1.165) is 11.1 Å². The molecule has 7 nitrogen and oxygen atoms in total. The number of carbonyl (C=O) groups excluding carboxylic acids is 2. The number of nitrogens with zero attached hydrogens (tertiary/aromatic N) is 1. The van der Waals surface area contributed by atoms with Crippen LogP contribution in [0.2, 0.25) is 5.02 Å². The minimum Gasteiger partial charge on any atom is -0.378 e. The number of aromatic nitrogens is 2. The number of H-pyrrole nitrogens is 1. The molecule has 0 spiro atoms. The molecule has 0 atom stereocenters. The normalized spacial score (nSPS) is 10.3. The predicted octanol–water partition coefficient (Wildman–Crippen LogP) is 4.44. The van der Waals surface area contributed by atoms with Gasteiger partial charge < -0.3 is 16.0 Å². The van der Waals surface area contributed by atoms with Crippen molar-refractivity contribution in [1.82, 2.24) is 10.2 Å². The van der Waals surface area contributed by atoms with Gasteiger partial charge in [0.15, 0.2) is 6.29 Å². The van der Waals surface area contributed by atoms with Gasteiger partial charge in [-0.05, 0) is 42.3 Å². The third-order valence-electron chi connectivity index (χ3n) is 3.82. The molecular formula is C19H18ClN5O2. The van der Waals surface area contributed by atoms with Crippen LogP contribution >= 0.6 is 11.6 Å². The zero-order chi connectivity index (χ0) is 19.2. The van der Waals surface area contributed by atoms with Crippen LogP contribution in [0.25, 0.3) is 0 Å². The molecule has 2 aromatic carbocycles. The van der Waals surface area contributed by atoms with Gasteiger partial charge in [-0.1, -0.05) is 29.8 Å². The molecule has 0 radical (unpaired) electrons. The van der Waals surface area contributed by atoms with Crippen LogP contribution in [0.15, 0.2) is 48.7 Å². The largest absolute Gasteiger partial charge is 0.378 e. The Bertz CT molecular complexity index is 970. The van der Waals surface area contributed by atoms with E-state index in [1.165, 1.54) is 0 Å². The van der Waals surface area contributed by atoms with Gasteiger partial charge in [0.1, 0.15) is 5.69 Å². The summed E-state index contributed by atoms with van der Waals surface area (Å²) < 4.78 is 0. The molecular weight excluding hydrogens is 366 g/mol. The van der Waals surface area contributed by atoms with E-state index >= 15 is 0 Å². The molecule has 3 rings (SSSR count). The van der Waals surface area contributed by atoms with E-state index in [1.54, 1.807) is 24.4 Å². The van der Waals surface area contributed by atoms with Crippen LogP contribution in [0.1, 0.15) is 21.6 Å². The van der Waals surface area contributed by atoms with Crippen LogP contribution < -0.4 is 16.0 Å². The van der Waals surface area contributed by atoms with E-state index in [1.807, 2.05) is 31.2 Å². The molecule has 0 saturated carbocycles. The van der Waals surface area contributed by atoms with Gasteiger partial charge in [-0.15, -0.1) is 0 Å². The SMILES string of the molecule is Cc1ccc(Cl)c(NC(=O)Nc2cccc(CNc3cn[nH]c3C=O)c2)c1. The molecule has 0 aliphatic carbocycles. The van der Waals surface area contributed by atoms with Gasteiger partial charge in [0.05, 0.1) is 22.6 Å². The Balaban J connectivity index is 1.62. The molecule has 138 valence electrons. The van der Waals surface area contributed by atoms with Crippen molar-refractivity contribution in [3.63, 3.8) is 0 Å². The summed E-state index contributed by atoms with van der Waals surface area (Å²) in [5, 5.41) is 15.5. The van der Waals surface area contributed by atoms with Gasteiger partial charge >= 0.3 is 6.03 Å². The van der Waals surface area contributed by atoms with Crippen LogP contribution in [-0.2, 0) is 6.54 Å². The lowest BCUT2D eigenvalue weighted by Crippen LogP contribution is -2.19. The lowest BCUT2D eigenvalue weighted by molar-refractivity contribution is 0.111. The highest BCUT2D eigenvalue weighted by Crippen LogP contribution is 2.23.